The van der Waals surface area contributed by atoms with Gasteiger partial charge in [-0.3, -0.25) is 4.79 Å². The number of carbonyl (C=O) groups is 1. The molecule has 1 rings (SSSR count). The van der Waals surface area contributed by atoms with Crippen molar-refractivity contribution in [3.8, 4) is 0 Å². The third-order valence-corrected chi connectivity index (χ3v) is 2.38. The zero-order valence-corrected chi connectivity index (χ0v) is 9.16. The first-order valence-corrected chi connectivity index (χ1v) is 4.98. The van der Waals surface area contributed by atoms with Crippen LogP contribution in [-0.2, 0) is 11.2 Å². The van der Waals surface area contributed by atoms with Crippen molar-refractivity contribution in [3.05, 3.63) is 42.0 Å². The number of hydrogen-bond donors (Lipinski definition) is 1. The molecule has 2 heteroatoms. The summed E-state index contributed by atoms with van der Waals surface area (Å²) in [5, 5.41) is 8.80. The first kappa shape index (κ1) is 11.5. The van der Waals surface area contributed by atoms with E-state index in [4.69, 9.17) is 5.11 Å². The number of hydrogen-bond acceptors (Lipinski definition) is 1. The average Bonchev–Trinajstić information content (AvgIpc) is 2.18. The number of carboxylic acid groups (broad SMARTS) is 1. The fourth-order valence-corrected chi connectivity index (χ4v) is 1.40. The zero-order valence-electron chi connectivity index (χ0n) is 9.16. The van der Waals surface area contributed by atoms with Crippen molar-refractivity contribution in [1.29, 1.82) is 0 Å². The molecule has 1 unspecified atom stereocenters. The highest BCUT2D eigenvalue weighted by Gasteiger charge is 2.11. The van der Waals surface area contributed by atoms with Gasteiger partial charge in [-0.25, -0.2) is 0 Å². The van der Waals surface area contributed by atoms with Crippen molar-refractivity contribution >= 4 is 11.5 Å². The van der Waals surface area contributed by atoms with Crippen LogP contribution in [0.4, 0.5) is 0 Å². The van der Waals surface area contributed by atoms with Crippen LogP contribution in [-0.4, -0.2) is 11.1 Å². The van der Waals surface area contributed by atoms with Gasteiger partial charge in [-0.15, -0.1) is 0 Å². The lowest BCUT2D eigenvalue weighted by Gasteiger charge is -2.08. The second-order valence-corrected chi connectivity index (χ2v) is 3.92. The fourth-order valence-electron chi connectivity index (χ4n) is 1.40. The number of allylic oxidation sites excluding steroid dienone is 1. The summed E-state index contributed by atoms with van der Waals surface area (Å²) in [6, 6.07) is 7.87. The lowest BCUT2D eigenvalue weighted by Crippen LogP contribution is -2.12. The number of benzene rings is 1. The van der Waals surface area contributed by atoms with Crippen LogP contribution in [0.2, 0.25) is 0 Å². The minimum absolute atomic E-state index is 0.342. The Morgan fingerprint density at radius 1 is 1.53 bits per heavy atom. The summed E-state index contributed by atoms with van der Waals surface area (Å²) in [7, 11) is 0. The van der Waals surface area contributed by atoms with Gasteiger partial charge in [0, 0.05) is 0 Å². The molecular formula is C13H16O2. The van der Waals surface area contributed by atoms with E-state index in [1.54, 1.807) is 6.92 Å². The van der Waals surface area contributed by atoms with Crippen molar-refractivity contribution in [2.75, 3.05) is 0 Å². The minimum atomic E-state index is -0.754. The largest absolute Gasteiger partial charge is 0.481 e. The van der Waals surface area contributed by atoms with Crippen LogP contribution in [0.3, 0.4) is 0 Å². The standard InChI is InChI=1S/C13H16O2/c1-9(2)12-6-4-5-11(8-12)7-10(3)13(14)15/h4-6,8,10H,1,7H2,2-3H3,(H,14,15). The summed E-state index contributed by atoms with van der Waals surface area (Å²) in [4.78, 5) is 10.7. The maximum absolute atomic E-state index is 10.7. The molecule has 15 heavy (non-hydrogen) atoms. The van der Waals surface area contributed by atoms with Gasteiger partial charge in [0.25, 0.3) is 0 Å². The zero-order chi connectivity index (χ0) is 11.4. The van der Waals surface area contributed by atoms with E-state index in [9.17, 15) is 4.79 Å². The van der Waals surface area contributed by atoms with Crippen molar-refractivity contribution in [2.45, 2.75) is 20.3 Å². The molecule has 0 amide bonds. The highest BCUT2D eigenvalue weighted by Crippen LogP contribution is 2.16. The molecule has 1 aromatic rings. The molecule has 0 aliphatic heterocycles. The fraction of sp³-hybridized carbons (Fsp3) is 0.308. The van der Waals surface area contributed by atoms with Crippen LogP contribution >= 0.6 is 0 Å². The lowest BCUT2D eigenvalue weighted by molar-refractivity contribution is -0.141. The molecular weight excluding hydrogens is 188 g/mol. The molecule has 1 N–H and O–H groups in total. The molecule has 80 valence electrons. The summed E-state index contributed by atoms with van der Waals surface area (Å²) in [6.07, 6.45) is 0.566. The molecule has 0 aliphatic carbocycles. The Balaban J connectivity index is 2.82. The topological polar surface area (TPSA) is 37.3 Å². The molecule has 0 aliphatic rings. The Bertz CT molecular complexity index is 380. The van der Waals surface area contributed by atoms with Gasteiger partial charge < -0.3 is 5.11 Å². The van der Waals surface area contributed by atoms with E-state index in [0.29, 0.717) is 6.42 Å². The molecule has 0 aromatic heterocycles. The number of aliphatic carboxylic acids is 1. The van der Waals surface area contributed by atoms with Crippen molar-refractivity contribution in [3.63, 3.8) is 0 Å². The van der Waals surface area contributed by atoms with Gasteiger partial charge in [0.2, 0.25) is 0 Å². The van der Waals surface area contributed by atoms with E-state index in [2.05, 4.69) is 6.58 Å². The molecule has 2 nitrogen and oxygen atoms in total. The van der Waals surface area contributed by atoms with Crippen LogP contribution < -0.4 is 0 Å². The molecule has 0 bridgehead atoms. The highest BCUT2D eigenvalue weighted by atomic mass is 16.4. The van der Waals surface area contributed by atoms with Crippen molar-refractivity contribution < 1.29 is 9.90 Å². The monoisotopic (exact) mass is 204 g/mol. The summed E-state index contributed by atoms with van der Waals surface area (Å²) in [5.74, 6) is -1.10. The van der Waals surface area contributed by atoms with Gasteiger partial charge in [-0.2, -0.15) is 0 Å². The summed E-state index contributed by atoms with van der Waals surface area (Å²) >= 11 is 0. The van der Waals surface area contributed by atoms with E-state index in [1.807, 2.05) is 31.2 Å². The van der Waals surface area contributed by atoms with E-state index in [0.717, 1.165) is 16.7 Å². The van der Waals surface area contributed by atoms with Gasteiger partial charge in [-0.1, -0.05) is 43.3 Å². The van der Waals surface area contributed by atoms with Gasteiger partial charge in [0.15, 0.2) is 0 Å². The predicted octanol–water partition coefficient (Wildman–Crippen LogP) is 2.98. The van der Waals surface area contributed by atoms with Gasteiger partial charge in [0.1, 0.15) is 0 Å². The molecule has 0 saturated heterocycles. The van der Waals surface area contributed by atoms with E-state index in [1.165, 1.54) is 0 Å². The Labute approximate surface area is 90.3 Å². The molecule has 0 heterocycles. The molecule has 0 spiro atoms. The Hall–Kier alpha value is -1.57. The Kier molecular flexibility index (Phi) is 3.67. The van der Waals surface area contributed by atoms with Crippen LogP contribution in [0.15, 0.2) is 30.8 Å². The van der Waals surface area contributed by atoms with Gasteiger partial charge in [0.05, 0.1) is 5.92 Å². The van der Waals surface area contributed by atoms with E-state index >= 15 is 0 Å². The van der Waals surface area contributed by atoms with Gasteiger partial charge in [-0.05, 0) is 24.5 Å². The lowest BCUT2D eigenvalue weighted by atomic mass is 9.98. The Morgan fingerprint density at radius 2 is 2.20 bits per heavy atom. The van der Waals surface area contributed by atoms with Crippen molar-refractivity contribution in [1.82, 2.24) is 0 Å². The van der Waals surface area contributed by atoms with Crippen LogP contribution in [0, 0.1) is 5.92 Å². The second-order valence-electron chi connectivity index (χ2n) is 3.92. The van der Waals surface area contributed by atoms with Crippen molar-refractivity contribution in [2.24, 2.45) is 5.92 Å². The molecule has 0 radical (unpaired) electrons. The SMILES string of the molecule is C=C(C)c1cccc(CC(C)C(=O)O)c1. The van der Waals surface area contributed by atoms with Crippen LogP contribution in [0.5, 0.6) is 0 Å². The summed E-state index contributed by atoms with van der Waals surface area (Å²) in [6.45, 7) is 7.53. The number of rotatable bonds is 4. The number of carboxylic acids is 1. The molecule has 1 aromatic carbocycles. The van der Waals surface area contributed by atoms with Crippen LogP contribution in [0.1, 0.15) is 25.0 Å². The van der Waals surface area contributed by atoms with E-state index in [-0.39, 0.29) is 5.92 Å². The maximum atomic E-state index is 10.7. The summed E-state index contributed by atoms with van der Waals surface area (Å²) < 4.78 is 0. The maximum Gasteiger partial charge on any atom is 0.306 e. The Morgan fingerprint density at radius 3 is 2.73 bits per heavy atom. The molecule has 1 atom stereocenters. The summed E-state index contributed by atoms with van der Waals surface area (Å²) in [5.41, 5.74) is 3.12. The highest BCUT2D eigenvalue weighted by molar-refractivity contribution is 5.70. The second kappa shape index (κ2) is 4.78. The first-order chi connectivity index (χ1) is 7.00. The molecule has 0 saturated carbocycles. The van der Waals surface area contributed by atoms with E-state index < -0.39 is 5.97 Å². The third kappa shape index (κ3) is 3.24. The first-order valence-electron chi connectivity index (χ1n) is 4.98. The quantitative estimate of drug-likeness (QED) is 0.818. The predicted molar refractivity (Wildman–Crippen MR) is 61.7 cm³/mol. The van der Waals surface area contributed by atoms with Gasteiger partial charge >= 0.3 is 5.97 Å². The third-order valence-electron chi connectivity index (χ3n) is 2.38. The molecule has 0 fully saturated rings. The average molecular weight is 204 g/mol. The smallest absolute Gasteiger partial charge is 0.306 e. The normalized spacial score (nSPS) is 12.1. The van der Waals surface area contributed by atoms with Crippen LogP contribution in [0.25, 0.3) is 5.57 Å². The minimum Gasteiger partial charge on any atom is -0.481 e.